The summed E-state index contributed by atoms with van der Waals surface area (Å²) in [5.74, 6) is 0.0737. The summed E-state index contributed by atoms with van der Waals surface area (Å²) in [5, 5.41) is 12.4. The molecule has 2 aliphatic heterocycles. The number of carbonyl (C=O) groups is 2. The SMILES string of the molecule is CCOC(=O)C1=C([C@@H]2CCCN2C(=O)OC(C)(C)C)NC(CCc2ccc(F)cc2)=C(c2nc(OC)no2)C1c1cc2ccnc(N[C@@H]3CCc4c(OC)cccc43)c2s1. The number of hydrogen-bond acceptors (Lipinski definition) is 13. The zero-order valence-corrected chi connectivity index (χ0v) is 35.4. The summed E-state index contributed by atoms with van der Waals surface area (Å²) in [4.78, 5) is 40.5. The van der Waals surface area contributed by atoms with E-state index in [1.165, 1.54) is 41.7 Å². The lowest BCUT2D eigenvalue weighted by atomic mass is 9.81. The summed E-state index contributed by atoms with van der Waals surface area (Å²) in [6.45, 7) is 7.81. The Bertz CT molecular complexity index is 2470. The molecule has 1 amide bonds. The van der Waals surface area contributed by atoms with Crippen molar-refractivity contribution < 1.29 is 37.5 Å². The first-order valence-corrected chi connectivity index (χ1v) is 21.1. The van der Waals surface area contributed by atoms with E-state index in [9.17, 15) is 14.0 Å². The molecule has 1 aliphatic carbocycles. The number of aryl methyl sites for hydroxylation is 1. The second kappa shape index (κ2) is 17.0. The van der Waals surface area contributed by atoms with E-state index in [0.29, 0.717) is 60.6 Å². The van der Waals surface area contributed by atoms with E-state index >= 15 is 0 Å². The molecule has 3 aliphatic rings. The fourth-order valence-electron chi connectivity index (χ4n) is 8.49. The van der Waals surface area contributed by atoms with Gasteiger partial charge in [-0.1, -0.05) is 24.3 Å². The van der Waals surface area contributed by atoms with Crippen LogP contribution in [-0.2, 0) is 27.1 Å². The quantitative estimate of drug-likeness (QED) is 0.116. The number of allylic oxidation sites excluding steroid dienone is 2. The van der Waals surface area contributed by atoms with Crippen LogP contribution in [-0.4, -0.2) is 71.1 Å². The molecule has 8 rings (SSSR count). The number of pyridine rings is 1. The Balaban J connectivity index is 1.30. The van der Waals surface area contributed by atoms with E-state index in [-0.39, 0.29) is 30.4 Å². The zero-order valence-electron chi connectivity index (χ0n) is 34.6. The van der Waals surface area contributed by atoms with E-state index in [0.717, 1.165) is 39.1 Å². The maximum Gasteiger partial charge on any atom is 0.410 e. The smallest absolute Gasteiger partial charge is 0.410 e. The van der Waals surface area contributed by atoms with Crippen LogP contribution in [0.1, 0.15) is 92.8 Å². The Morgan fingerprint density at radius 2 is 1.88 bits per heavy atom. The second-order valence-corrected chi connectivity index (χ2v) is 17.1. The van der Waals surface area contributed by atoms with E-state index in [2.05, 4.69) is 32.9 Å². The van der Waals surface area contributed by atoms with E-state index in [1.807, 2.05) is 39.0 Å². The van der Waals surface area contributed by atoms with Gasteiger partial charge in [0.15, 0.2) is 0 Å². The van der Waals surface area contributed by atoms with Gasteiger partial charge in [-0.25, -0.2) is 19.0 Å². The van der Waals surface area contributed by atoms with Crippen LogP contribution in [0.2, 0.25) is 0 Å². The standard InChI is InChI=1S/C45H49FN6O7S/c1-7-57-42(53)37-36(34-24-26-21-22-47-40(39(26)60-34)49-30-20-18-29-28(30)10-8-12-33(29)55-5)35(41-50-43(56-6)51-59-41)31(19-15-25-13-16-27(46)17-14-25)48-38(37)32-11-9-23-52(32)44(54)58-45(2,3)4/h8,10,12-14,16-17,21-22,24,30,32,36,48H,7,9,11,15,18-20,23H2,1-6H3,(H,47,49)/t30-,32+,36?/m1/s1. The number of rotatable bonds is 12. The fraction of sp³-hybridized carbons (Fsp3) is 0.400. The molecule has 0 spiro atoms. The molecule has 5 heterocycles. The molecule has 2 aromatic carbocycles. The van der Waals surface area contributed by atoms with Gasteiger partial charge in [0, 0.05) is 34.6 Å². The number of anilines is 1. The zero-order chi connectivity index (χ0) is 42.1. The molecule has 0 saturated carbocycles. The highest BCUT2D eigenvalue weighted by Gasteiger charge is 2.45. The number of fused-ring (bicyclic) bond motifs is 2. The number of nitrogens with one attached hydrogen (secondary N) is 2. The molecule has 1 unspecified atom stereocenters. The van der Waals surface area contributed by atoms with Crippen LogP contribution in [0.3, 0.4) is 0 Å². The first kappa shape index (κ1) is 40.8. The van der Waals surface area contributed by atoms with Gasteiger partial charge in [-0.2, -0.15) is 4.98 Å². The molecule has 60 heavy (non-hydrogen) atoms. The topological polar surface area (TPSA) is 150 Å². The molecule has 1 fully saturated rings. The average Bonchev–Trinajstić information content (AvgIpc) is 4.06. The molecule has 0 bridgehead atoms. The Morgan fingerprint density at radius 1 is 1.07 bits per heavy atom. The summed E-state index contributed by atoms with van der Waals surface area (Å²) in [5.41, 5.74) is 4.64. The van der Waals surface area contributed by atoms with Crippen molar-refractivity contribution >= 4 is 44.9 Å². The van der Waals surface area contributed by atoms with Crippen molar-refractivity contribution in [3.8, 4) is 11.8 Å². The number of aromatic nitrogens is 3. The van der Waals surface area contributed by atoms with E-state index in [4.69, 9.17) is 28.5 Å². The van der Waals surface area contributed by atoms with Gasteiger partial charge < -0.3 is 34.1 Å². The van der Waals surface area contributed by atoms with E-state index < -0.39 is 29.6 Å². The van der Waals surface area contributed by atoms with Crippen molar-refractivity contribution in [2.24, 2.45) is 0 Å². The number of likely N-dealkylation sites (tertiary alicyclic amines) is 1. The van der Waals surface area contributed by atoms with Crippen LogP contribution in [0.4, 0.5) is 15.0 Å². The number of dihydropyridines is 1. The third-order valence-electron chi connectivity index (χ3n) is 11.1. The Hall–Kier alpha value is -5.96. The van der Waals surface area contributed by atoms with Crippen molar-refractivity contribution in [3.05, 3.63) is 111 Å². The van der Waals surface area contributed by atoms with Crippen LogP contribution in [0.25, 0.3) is 15.7 Å². The number of thiophene rings is 1. The van der Waals surface area contributed by atoms with Gasteiger partial charge in [-0.05, 0) is 124 Å². The van der Waals surface area contributed by atoms with Gasteiger partial charge in [0.2, 0.25) is 0 Å². The highest BCUT2D eigenvalue weighted by Crippen LogP contribution is 2.50. The third-order valence-corrected chi connectivity index (χ3v) is 12.3. The van der Waals surface area contributed by atoms with Gasteiger partial charge in [0.25, 0.3) is 5.89 Å². The summed E-state index contributed by atoms with van der Waals surface area (Å²) >= 11 is 1.51. The summed E-state index contributed by atoms with van der Waals surface area (Å²) in [6.07, 6.45) is 5.23. The molecule has 5 aromatic rings. The molecular formula is C45H49FN6O7S. The minimum atomic E-state index is -0.795. The van der Waals surface area contributed by atoms with Gasteiger partial charge in [-0.3, -0.25) is 4.90 Å². The van der Waals surface area contributed by atoms with Gasteiger partial charge >= 0.3 is 18.1 Å². The lowest BCUT2D eigenvalue weighted by Gasteiger charge is -2.37. The number of methoxy groups -OCH3 is 2. The number of nitrogens with zero attached hydrogens (tertiary/aromatic N) is 4. The van der Waals surface area contributed by atoms with Crippen molar-refractivity contribution in [1.82, 2.24) is 25.3 Å². The van der Waals surface area contributed by atoms with Crippen molar-refractivity contribution in [1.29, 1.82) is 0 Å². The minimum Gasteiger partial charge on any atom is -0.496 e. The van der Waals surface area contributed by atoms with Crippen molar-refractivity contribution in [2.75, 3.05) is 32.7 Å². The molecule has 3 aromatic heterocycles. The van der Waals surface area contributed by atoms with E-state index in [1.54, 1.807) is 37.3 Å². The molecule has 1 saturated heterocycles. The number of ether oxygens (including phenoxy) is 4. The molecule has 2 N–H and O–H groups in total. The first-order valence-electron chi connectivity index (χ1n) is 20.3. The van der Waals surface area contributed by atoms with Crippen molar-refractivity contribution in [3.63, 3.8) is 0 Å². The average molecular weight is 837 g/mol. The normalized spacial score (nSPS) is 19.1. The Kier molecular flexibility index (Phi) is 11.5. The van der Waals surface area contributed by atoms with Gasteiger partial charge in [0.05, 0.1) is 49.1 Å². The molecular weight excluding hydrogens is 788 g/mol. The molecule has 3 atom stereocenters. The number of halogens is 1. The van der Waals surface area contributed by atoms with Crippen LogP contribution in [0.5, 0.6) is 11.8 Å². The monoisotopic (exact) mass is 836 g/mol. The highest BCUT2D eigenvalue weighted by molar-refractivity contribution is 7.19. The first-order chi connectivity index (χ1) is 29.0. The lowest BCUT2D eigenvalue weighted by molar-refractivity contribution is -0.138. The number of benzene rings is 2. The maximum absolute atomic E-state index is 14.7. The van der Waals surface area contributed by atoms with Gasteiger partial charge in [0.1, 0.15) is 23.0 Å². The second-order valence-electron chi connectivity index (χ2n) is 16.0. The number of carbonyl (C=O) groups excluding carboxylic acids is 2. The Morgan fingerprint density at radius 3 is 2.62 bits per heavy atom. The molecule has 15 heteroatoms. The minimum absolute atomic E-state index is 0.0137. The van der Waals surface area contributed by atoms with Gasteiger partial charge in [-0.15, -0.1) is 11.3 Å². The number of hydrogen-bond donors (Lipinski definition) is 2. The Labute approximate surface area is 351 Å². The van der Waals surface area contributed by atoms with Crippen molar-refractivity contribution in [2.45, 2.75) is 89.8 Å². The summed E-state index contributed by atoms with van der Waals surface area (Å²) in [6, 6.07) is 16.0. The molecule has 0 radical (unpaired) electrons. The summed E-state index contributed by atoms with van der Waals surface area (Å²) in [7, 11) is 3.15. The van der Waals surface area contributed by atoms with Crippen LogP contribution < -0.4 is 20.1 Å². The lowest BCUT2D eigenvalue weighted by Crippen LogP contribution is -2.45. The third kappa shape index (κ3) is 8.14. The number of amides is 1. The molecule has 314 valence electrons. The van der Waals surface area contributed by atoms with Crippen LogP contribution in [0.15, 0.2) is 82.3 Å². The molecule has 13 nitrogen and oxygen atoms in total. The fourth-order valence-corrected chi connectivity index (χ4v) is 9.72. The predicted molar refractivity (Wildman–Crippen MR) is 225 cm³/mol. The predicted octanol–water partition coefficient (Wildman–Crippen LogP) is 8.88. The summed E-state index contributed by atoms with van der Waals surface area (Å²) < 4.78 is 43.7. The number of esters is 1. The largest absolute Gasteiger partial charge is 0.496 e. The van der Waals surface area contributed by atoms with Crippen LogP contribution >= 0.6 is 11.3 Å². The highest BCUT2D eigenvalue weighted by atomic mass is 32.1. The van der Waals surface area contributed by atoms with Crippen LogP contribution in [0, 0.1) is 5.82 Å². The maximum atomic E-state index is 14.7.